The fourth-order valence-electron chi connectivity index (χ4n) is 4.16. The van der Waals surface area contributed by atoms with Crippen LogP contribution in [0, 0.1) is 0 Å². The molecule has 2 aliphatic rings. The summed E-state index contributed by atoms with van der Waals surface area (Å²) in [5.41, 5.74) is 2.40. The molecular formula is C22H27N7O3. The topological polar surface area (TPSA) is 107 Å². The summed E-state index contributed by atoms with van der Waals surface area (Å²) in [4.78, 5) is 32.7. The molecule has 3 aromatic heterocycles. The van der Waals surface area contributed by atoms with Gasteiger partial charge in [0.1, 0.15) is 11.6 Å². The Morgan fingerprint density at radius 1 is 1.09 bits per heavy atom. The lowest BCUT2D eigenvalue weighted by Crippen LogP contribution is -2.37. The standard InChI is InChI=1S/C22H27N7O3/c1-13-14(2)32-11-8-29-20(13)25-18-21(28-6-9-31-10-7-28)26-19(27-22(18)29)16-4-5-17(23-12-16)24-15(3)30/h4-5,12-14H,6-11H2,1-3H3,(H,23,24,30). The van der Waals surface area contributed by atoms with Crippen LogP contribution in [0.2, 0.25) is 0 Å². The minimum absolute atomic E-state index is 0.0813. The first-order valence-electron chi connectivity index (χ1n) is 11.0. The van der Waals surface area contributed by atoms with E-state index < -0.39 is 0 Å². The maximum atomic E-state index is 11.3. The highest BCUT2D eigenvalue weighted by atomic mass is 16.5. The predicted octanol–water partition coefficient (Wildman–Crippen LogP) is 2.21. The number of anilines is 2. The molecule has 0 aliphatic carbocycles. The van der Waals surface area contributed by atoms with Crippen LogP contribution in [0.15, 0.2) is 18.3 Å². The number of ether oxygens (including phenoxy) is 2. The molecule has 0 bridgehead atoms. The molecule has 3 aromatic rings. The molecule has 5 heterocycles. The van der Waals surface area contributed by atoms with Crippen molar-refractivity contribution in [3.63, 3.8) is 0 Å². The molecule has 0 aromatic carbocycles. The lowest BCUT2D eigenvalue weighted by Gasteiger charge is -2.28. The van der Waals surface area contributed by atoms with Gasteiger partial charge in [0.2, 0.25) is 5.91 Å². The summed E-state index contributed by atoms with van der Waals surface area (Å²) in [5, 5.41) is 2.69. The molecule has 0 saturated carbocycles. The molecule has 2 aliphatic heterocycles. The zero-order valence-corrected chi connectivity index (χ0v) is 18.5. The minimum atomic E-state index is -0.162. The molecule has 2 unspecified atom stereocenters. The van der Waals surface area contributed by atoms with Crippen LogP contribution in [-0.2, 0) is 20.8 Å². The number of hydrogen-bond donors (Lipinski definition) is 1. The van der Waals surface area contributed by atoms with Crippen LogP contribution in [0.3, 0.4) is 0 Å². The summed E-state index contributed by atoms with van der Waals surface area (Å²) in [7, 11) is 0. The molecule has 168 valence electrons. The SMILES string of the molecule is CC(=O)Nc1ccc(-c2nc(N3CCOCC3)c3nc4n(c3n2)CCOC(C)C4C)cn1. The molecule has 1 amide bonds. The van der Waals surface area contributed by atoms with Gasteiger partial charge in [-0.25, -0.2) is 19.9 Å². The van der Waals surface area contributed by atoms with E-state index in [0.29, 0.717) is 38.0 Å². The van der Waals surface area contributed by atoms with Crippen molar-refractivity contribution in [3.8, 4) is 11.4 Å². The fourth-order valence-corrected chi connectivity index (χ4v) is 4.16. The minimum Gasteiger partial charge on any atom is -0.378 e. The van der Waals surface area contributed by atoms with Gasteiger partial charge in [-0.2, -0.15) is 0 Å². The van der Waals surface area contributed by atoms with Crippen molar-refractivity contribution in [2.75, 3.05) is 43.1 Å². The molecule has 2 atom stereocenters. The number of morpholine rings is 1. The Labute approximate surface area is 186 Å². The van der Waals surface area contributed by atoms with Gasteiger partial charge in [0.05, 0.1) is 25.9 Å². The van der Waals surface area contributed by atoms with Gasteiger partial charge in [-0.1, -0.05) is 6.92 Å². The Hall–Kier alpha value is -3.11. The summed E-state index contributed by atoms with van der Waals surface area (Å²) in [5.74, 6) is 2.85. The molecule has 1 fully saturated rings. The summed E-state index contributed by atoms with van der Waals surface area (Å²) < 4.78 is 13.7. The van der Waals surface area contributed by atoms with Crippen molar-refractivity contribution in [2.24, 2.45) is 0 Å². The predicted molar refractivity (Wildman–Crippen MR) is 120 cm³/mol. The number of imidazole rings is 1. The molecule has 1 N–H and O–H groups in total. The van der Waals surface area contributed by atoms with Crippen LogP contribution >= 0.6 is 0 Å². The first-order chi connectivity index (χ1) is 15.5. The second-order valence-electron chi connectivity index (χ2n) is 8.24. The largest absolute Gasteiger partial charge is 0.378 e. The van der Waals surface area contributed by atoms with Crippen molar-refractivity contribution >= 4 is 28.7 Å². The Bertz CT molecular complexity index is 1140. The van der Waals surface area contributed by atoms with Crippen molar-refractivity contribution in [2.45, 2.75) is 39.3 Å². The van der Waals surface area contributed by atoms with E-state index in [-0.39, 0.29) is 17.9 Å². The van der Waals surface area contributed by atoms with E-state index in [0.717, 1.165) is 41.5 Å². The van der Waals surface area contributed by atoms with E-state index in [4.69, 9.17) is 24.4 Å². The average Bonchev–Trinajstić information content (AvgIpc) is 3.10. The lowest BCUT2D eigenvalue weighted by atomic mass is 10.1. The smallest absolute Gasteiger partial charge is 0.222 e. The van der Waals surface area contributed by atoms with Crippen LogP contribution in [0.5, 0.6) is 0 Å². The van der Waals surface area contributed by atoms with Gasteiger partial charge >= 0.3 is 0 Å². The van der Waals surface area contributed by atoms with Gasteiger partial charge in [-0.15, -0.1) is 0 Å². The number of nitrogens with one attached hydrogen (secondary N) is 1. The number of carbonyl (C=O) groups excluding carboxylic acids is 1. The van der Waals surface area contributed by atoms with Gasteiger partial charge < -0.3 is 24.3 Å². The monoisotopic (exact) mass is 437 g/mol. The molecule has 10 heteroatoms. The van der Waals surface area contributed by atoms with Gasteiger partial charge in [-0.3, -0.25) is 4.79 Å². The summed E-state index contributed by atoms with van der Waals surface area (Å²) in [6.45, 7) is 9.81. The number of aromatic nitrogens is 5. The second kappa shape index (κ2) is 8.44. The molecule has 10 nitrogen and oxygen atoms in total. The van der Waals surface area contributed by atoms with Gasteiger partial charge in [0.15, 0.2) is 22.8 Å². The lowest BCUT2D eigenvalue weighted by molar-refractivity contribution is -0.114. The number of amides is 1. The number of fused-ring (bicyclic) bond motifs is 3. The Balaban J connectivity index is 1.65. The fraction of sp³-hybridized carbons (Fsp3) is 0.500. The van der Waals surface area contributed by atoms with E-state index >= 15 is 0 Å². The summed E-state index contributed by atoms with van der Waals surface area (Å²) in [6, 6.07) is 3.63. The number of hydrogen-bond acceptors (Lipinski definition) is 8. The van der Waals surface area contributed by atoms with Crippen molar-refractivity contribution in [1.82, 2.24) is 24.5 Å². The van der Waals surface area contributed by atoms with Crippen molar-refractivity contribution < 1.29 is 14.3 Å². The highest BCUT2D eigenvalue weighted by Crippen LogP contribution is 2.33. The van der Waals surface area contributed by atoms with Gasteiger partial charge in [-0.05, 0) is 19.1 Å². The third-order valence-electron chi connectivity index (χ3n) is 6.05. The normalized spacial score (nSPS) is 21.3. The van der Waals surface area contributed by atoms with Crippen molar-refractivity contribution in [3.05, 3.63) is 24.2 Å². The van der Waals surface area contributed by atoms with E-state index in [1.54, 1.807) is 12.3 Å². The first kappa shape index (κ1) is 20.8. The van der Waals surface area contributed by atoms with E-state index in [9.17, 15) is 4.79 Å². The van der Waals surface area contributed by atoms with E-state index in [1.807, 2.05) is 6.07 Å². The van der Waals surface area contributed by atoms with Gasteiger partial charge in [0.25, 0.3) is 0 Å². The van der Waals surface area contributed by atoms with Gasteiger partial charge in [0, 0.05) is 44.2 Å². The van der Waals surface area contributed by atoms with Crippen LogP contribution < -0.4 is 10.2 Å². The summed E-state index contributed by atoms with van der Waals surface area (Å²) >= 11 is 0. The second-order valence-corrected chi connectivity index (χ2v) is 8.24. The zero-order valence-electron chi connectivity index (χ0n) is 18.5. The molecular weight excluding hydrogens is 410 g/mol. The van der Waals surface area contributed by atoms with Crippen LogP contribution in [0.1, 0.15) is 32.5 Å². The molecule has 0 spiro atoms. The molecule has 32 heavy (non-hydrogen) atoms. The number of carbonyl (C=O) groups is 1. The summed E-state index contributed by atoms with van der Waals surface area (Å²) in [6.07, 6.45) is 1.76. The van der Waals surface area contributed by atoms with E-state index in [2.05, 4.69) is 33.6 Å². The molecule has 1 saturated heterocycles. The zero-order chi connectivity index (χ0) is 22.2. The number of pyridine rings is 1. The van der Waals surface area contributed by atoms with Crippen LogP contribution in [0.4, 0.5) is 11.6 Å². The Kier molecular flexibility index (Phi) is 5.48. The van der Waals surface area contributed by atoms with Crippen LogP contribution in [-0.4, -0.2) is 69.4 Å². The Morgan fingerprint density at radius 2 is 1.91 bits per heavy atom. The number of nitrogens with zero attached hydrogens (tertiary/aromatic N) is 6. The maximum Gasteiger partial charge on any atom is 0.222 e. The Morgan fingerprint density at radius 3 is 2.62 bits per heavy atom. The van der Waals surface area contributed by atoms with Crippen molar-refractivity contribution in [1.29, 1.82) is 0 Å². The first-order valence-corrected chi connectivity index (χ1v) is 11.0. The van der Waals surface area contributed by atoms with Crippen LogP contribution in [0.25, 0.3) is 22.6 Å². The third-order valence-corrected chi connectivity index (χ3v) is 6.05. The highest BCUT2D eigenvalue weighted by molar-refractivity contribution is 5.88. The average molecular weight is 438 g/mol. The quantitative estimate of drug-likeness (QED) is 0.665. The third kappa shape index (κ3) is 3.80. The molecule has 0 radical (unpaired) electrons. The molecule has 5 rings (SSSR count). The number of rotatable bonds is 3. The van der Waals surface area contributed by atoms with E-state index in [1.165, 1.54) is 6.92 Å². The maximum absolute atomic E-state index is 11.3. The highest BCUT2D eigenvalue weighted by Gasteiger charge is 2.29.